The molecule has 0 atom stereocenters. The smallest absolute Gasteiger partial charge is 0.267 e. The summed E-state index contributed by atoms with van der Waals surface area (Å²) < 4.78 is 2.31. The molecule has 0 fully saturated rings. The van der Waals surface area contributed by atoms with Gasteiger partial charge in [0.2, 0.25) is 0 Å². The standard InChI is InChI=1S/C27H31N3O2.C3H6/c1-3-4-5-9-15-25-27(24-14-10-13-23(20-24)16-17-26(31)29-32)30(21(2)28-25)19-18-22-11-7-6-8-12-22;1-3-2/h3-4,6-8,10-14,16-17,20,32H,5,9,15,18-19H2,1-2H3,(H,29,31);3H,1H2,2H3/b4-3-,17-16+;. The summed E-state index contributed by atoms with van der Waals surface area (Å²) in [6.07, 6.45) is 13.0. The predicted octanol–water partition coefficient (Wildman–Crippen LogP) is 6.71. The number of allylic oxidation sites excluding steroid dienone is 3. The largest absolute Gasteiger partial charge is 0.328 e. The molecular formula is C30H37N3O2. The van der Waals surface area contributed by atoms with E-state index in [1.54, 1.807) is 17.6 Å². The Hall–Kier alpha value is -3.70. The minimum Gasteiger partial charge on any atom is -0.328 e. The van der Waals surface area contributed by atoms with Crippen molar-refractivity contribution in [3.05, 3.63) is 108 Å². The normalized spacial score (nSPS) is 10.9. The summed E-state index contributed by atoms with van der Waals surface area (Å²) in [5, 5.41) is 8.73. The summed E-state index contributed by atoms with van der Waals surface area (Å²) >= 11 is 0. The molecule has 1 heterocycles. The molecular weight excluding hydrogens is 434 g/mol. The highest BCUT2D eigenvalue weighted by molar-refractivity contribution is 5.91. The Balaban J connectivity index is 0.00000137. The van der Waals surface area contributed by atoms with Gasteiger partial charge in [0, 0.05) is 18.2 Å². The highest BCUT2D eigenvalue weighted by Gasteiger charge is 2.16. The molecule has 3 aromatic rings. The molecule has 5 heteroatoms. The number of rotatable bonds is 10. The van der Waals surface area contributed by atoms with Crippen LogP contribution >= 0.6 is 0 Å². The van der Waals surface area contributed by atoms with Crippen LogP contribution in [0.5, 0.6) is 0 Å². The number of aryl methyl sites for hydroxylation is 3. The Morgan fingerprint density at radius 3 is 2.54 bits per heavy atom. The first-order valence-corrected chi connectivity index (χ1v) is 12.0. The third kappa shape index (κ3) is 8.87. The molecule has 1 amide bonds. The summed E-state index contributed by atoms with van der Waals surface area (Å²) in [6, 6.07) is 18.6. The lowest BCUT2D eigenvalue weighted by molar-refractivity contribution is -0.124. The summed E-state index contributed by atoms with van der Waals surface area (Å²) in [7, 11) is 0. The number of benzene rings is 2. The molecule has 0 aliphatic carbocycles. The second-order valence-corrected chi connectivity index (χ2v) is 8.15. The second kappa shape index (κ2) is 15.3. The first-order chi connectivity index (χ1) is 17.0. The fourth-order valence-electron chi connectivity index (χ4n) is 3.83. The number of imidazole rings is 1. The minimum atomic E-state index is -0.552. The number of unbranched alkanes of at least 4 members (excludes halogenated alkanes) is 1. The quantitative estimate of drug-likeness (QED) is 0.113. The van der Waals surface area contributed by atoms with Gasteiger partial charge in [0.05, 0.1) is 11.4 Å². The Kier molecular flexibility index (Phi) is 12.0. The first kappa shape index (κ1) is 27.5. The number of hydroxylamine groups is 1. The highest BCUT2D eigenvalue weighted by Crippen LogP contribution is 2.28. The second-order valence-electron chi connectivity index (χ2n) is 8.15. The van der Waals surface area contributed by atoms with E-state index in [0.29, 0.717) is 0 Å². The fourth-order valence-corrected chi connectivity index (χ4v) is 3.83. The maximum absolute atomic E-state index is 11.4. The van der Waals surface area contributed by atoms with Gasteiger partial charge in [0.1, 0.15) is 5.82 Å². The molecule has 2 aromatic carbocycles. The van der Waals surface area contributed by atoms with E-state index in [0.717, 1.165) is 60.6 Å². The molecule has 3 rings (SSSR count). The number of nitrogens with zero attached hydrogens (tertiary/aromatic N) is 2. The van der Waals surface area contributed by atoms with Crippen LogP contribution in [0.15, 0.2) is 85.5 Å². The first-order valence-electron chi connectivity index (χ1n) is 12.0. The van der Waals surface area contributed by atoms with Crippen LogP contribution in [0.25, 0.3) is 17.3 Å². The molecule has 5 nitrogen and oxygen atoms in total. The minimum absolute atomic E-state index is 0.552. The summed E-state index contributed by atoms with van der Waals surface area (Å²) in [6.45, 7) is 10.2. The molecule has 0 spiro atoms. The van der Waals surface area contributed by atoms with Gasteiger partial charge in [-0.15, -0.1) is 6.58 Å². The third-order valence-corrected chi connectivity index (χ3v) is 5.42. The molecule has 0 radical (unpaired) electrons. The number of hydrogen-bond acceptors (Lipinski definition) is 3. The van der Waals surface area contributed by atoms with Crippen LogP contribution < -0.4 is 5.48 Å². The number of carbonyl (C=O) groups is 1. The van der Waals surface area contributed by atoms with Crippen molar-refractivity contribution in [3.8, 4) is 11.3 Å². The summed E-state index contributed by atoms with van der Waals surface area (Å²) in [5.74, 6) is 0.460. The van der Waals surface area contributed by atoms with E-state index in [9.17, 15) is 4.79 Å². The number of amides is 1. The monoisotopic (exact) mass is 471 g/mol. The maximum Gasteiger partial charge on any atom is 0.267 e. The molecule has 184 valence electrons. The van der Waals surface area contributed by atoms with Gasteiger partial charge in [-0.1, -0.05) is 66.8 Å². The number of aromatic nitrogens is 2. The fraction of sp³-hybridized carbons (Fsp3) is 0.267. The van der Waals surface area contributed by atoms with Crippen LogP contribution in [0, 0.1) is 6.92 Å². The van der Waals surface area contributed by atoms with E-state index in [4.69, 9.17) is 10.2 Å². The van der Waals surface area contributed by atoms with Crippen molar-refractivity contribution in [3.63, 3.8) is 0 Å². The molecule has 0 aliphatic rings. The zero-order valence-corrected chi connectivity index (χ0v) is 21.1. The Labute approximate surface area is 209 Å². The predicted molar refractivity (Wildman–Crippen MR) is 145 cm³/mol. The van der Waals surface area contributed by atoms with Gasteiger partial charge in [-0.25, -0.2) is 10.5 Å². The molecule has 0 aliphatic heterocycles. The molecule has 1 aromatic heterocycles. The average Bonchev–Trinajstić information content (AvgIpc) is 3.20. The van der Waals surface area contributed by atoms with Crippen LogP contribution in [0.3, 0.4) is 0 Å². The Bertz CT molecular complexity index is 1130. The van der Waals surface area contributed by atoms with Crippen molar-refractivity contribution in [2.24, 2.45) is 0 Å². The van der Waals surface area contributed by atoms with Crippen molar-refractivity contribution in [2.45, 2.75) is 53.0 Å². The number of carbonyl (C=O) groups excluding carboxylic acids is 1. The Morgan fingerprint density at radius 1 is 1.11 bits per heavy atom. The van der Waals surface area contributed by atoms with Crippen molar-refractivity contribution in [1.82, 2.24) is 15.0 Å². The van der Waals surface area contributed by atoms with Crippen LogP contribution in [-0.4, -0.2) is 20.7 Å². The van der Waals surface area contributed by atoms with E-state index in [2.05, 4.69) is 66.6 Å². The van der Waals surface area contributed by atoms with E-state index in [1.165, 1.54) is 11.6 Å². The van der Waals surface area contributed by atoms with Crippen molar-refractivity contribution < 1.29 is 10.0 Å². The van der Waals surface area contributed by atoms with Crippen LogP contribution in [-0.2, 0) is 24.2 Å². The zero-order chi connectivity index (χ0) is 25.5. The molecule has 35 heavy (non-hydrogen) atoms. The van der Waals surface area contributed by atoms with E-state index >= 15 is 0 Å². The molecule has 0 bridgehead atoms. The van der Waals surface area contributed by atoms with Gasteiger partial charge >= 0.3 is 0 Å². The lowest BCUT2D eigenvalue weighted by Gasteiger charge is -2.13. The summed E-state index contributed by atoms with van der Waals surface area (Å²) in [5.41, 5.74) is 7.13. The molecule has 2 N–H and O–H groups in total. The van der Waals surface area contributed by atoms with Gasteiger partial charge in [-0.2, -0.15) is 0 Å². The van der Waals surface area contributed by atoms with Crippen molar-refractivity contribution in [2.75, 3.05) is 0 Å². The van der Waals surface area contributed by atoms with Gasteiger partial charge in [-0.05, 0) is 69.7 Å². The van der Waals surface area contributed by atoms with Crippen LogP contribution in [0.2, 0.25) is 0 Å². The van der Waals surface area contributed by atoms with E-state index in [-0.39, 0.29) is 0 Å². The van der Waals surface area contributed by atoms with Gasteiger partial charge < -0.3 is 4.57 Å². The van der Waals surface area contributed by atoms with Crippen LogP contribution in [0.1, 0.15) is 49.3 Å². The third-order valence-electron chi connectivity index (χ3n) is 5.42. The molecule has 0 saturated heterocycles. The lowest BCUT2D eigenvalue weighted by Crippen LogP contribution is -2.14. The zero-order valence-electron chi connectivity index (χ0n) is 21.1. The topological polar surface area (TPSA) is 67.2 Å². The Morgan fingerprint density at radius 2 is 1.86 bits per heavy atom. The van der Waals surface area contributed by atoms with Crippen molar-refractivity contribution in [1.29, 1.82) is 0 Å². The summed E-state index contributed by atoms with van der Waals surface area (Å²) in [4.78, 5) is 16.3. The van der Waals surface area contributed by atoms with Crippen molar-refractivity contribution >= 4 is 12.0 Å². The van der Waals surface area contributed by atoms with Gasteiger partial charge in [-0.3, -0.25) is 10.0 Å². The van der Waals surface area contributed by atoms with E-state index in [1.807, 2.05) is 32.0 Å². The molecule has 0 saturated carbocycles. The van der Waals surface area contributed by atoms with Crippen LogP contribution in [0.4, 0.5) is 0 Å². The van der Waals surface area contributed by atoms with E-state index < -0.39 is 5.91 Å². The van der Waals surface area contributed by atoms with Gasteiger partial charge in [0.25, 0.3) is 5.91 Å². The average molecular weight is 472 g/mol. The maximum atomic E-state index is 11.4. The molecule has 0 unspecified atom stereocenters. The number of nitrogens with one attached hydrogen (secondary N) is 1. The van der Waals surface area contributed by atoms with Gasteiger partial charge in [0.15, 0.2) is 0 Å². The SMILES string of the molecule is C/C=C\CCCc1nc(C)n(CCc2ccccc2)c1-c1cccc(/C=C/C(=O)NO)c1.C=CC. The highest BCUT2D eigenvalue weighted by atomic mass is 16.5. The lowest BCUT2D eigenvalue weighted by atomic mass is 10.0. The number of hydrogen-bond donors (Lipinski definition) is 2.